The molecule has 12 heteroatoms. The number of aliphatic hydroxyl groups excluding tert-OH is 1. The standard InChI is InChI=1S/C64H109O11P/c1-4-7-10-13-16-19-22-24-26-28-30-32-34-36-39-41-44-47-50-53-62(66)71-57-61(75-64(68)55-52-49-46-43-40-37-35-33-31-29-27-25-23-20-17-14-11-8-5-2)59-73-76(69,70)72-58-60(56-65)74-63(67)54-51-48-45-42-38-21-18-15-12-9-6-3/h7,10,15-16,18-19,24-27,30,32,36,39,44,47,60-61,65H,4-6,8-9,11-14,17,20-23,28-29,31,33-35,37-38,40-43,45-46,48-59H2,1-3H3,(H,69,70)/b10-7-,18-15-,19-16-,26-24-,27-25-,32-30-,39-36-,47-44-. The first-order valence-corrected chi connectivity index (χ1v) is 31.6. The molecule has 0 aromatic heterocycles. The van der Waals surface area contributed by atoms with Crippen LogP contribution in [-0.4, -0.2) is 66.5 Å². The van der Waals surface area contributed by atoms with Gasteiger partial charge in [-0.1, -0.05) is 227 Å². The predicted octanol–water partition coefficient (Wildman–Crippen LogP) is 18.0. The Labute approximate surface area is 463 Å². The summed E-state index contributed by atoms with van der Waals surface area (Å²) >= 11 is 0. The fourth-order valence-corrected chi connectivity index (χ4v) is 8.67. The van der Waals surface area contributed by atoms with E-state index in [0.29, 0.717) is 19.3 Å². The molecule has 0 heterocycles. The molecule has 0 radical (unpaired) electrons. The van der Waals surface area contributed by atoms with Crippen molar-refractivity contribution in [2.45, 2.75) is 264 Å². The SMILES string of the molecule is CC/C=C\C/C=C\C/C=C\C/C=C\C/C=C\C/C=C\CCC(=O)OCC(COP(=O)(O)OCC(CO)OC(=O)CCCCCCC/C=C\CCCC)OC(=O)CCCCCCCCCCC/C=C\CCCCCCCC. The van der Waals surface area contributed by atoms with Crippen LogP contribution in [-0.2, 0) is 42.2 Å². The van der Waals surface area contributed by atoms with Crippen molar-refractivity contribution in [1.82, 2.24) is 0 Å². The van der Waals surface area contributed by atoms with Crippen LogP contribution in [0.25, 0.3) is 0 Å². The molecule has 0 spiro atoms. The van der Waals surface area contributed by atoms with Crippen LogP contribution in [0.15, 0.2) is 97.2 Å². The van der Waals surface area contributed by atoms with Gasteiger partial charge >= 0.3 is 25.7 Å². The van der Waals surface area contributed by atoms with Crippen LogP contribution in [0.5, 0.6) is 0 Å². The summed E-state index contributed by atoms with van der Waals surface area (Å²) in [7, 11) is -4.77. The third-order valence-corrected chi connectivity index (χ3v) is 13.4. The van der Waals surface area contributed by atoms with Gasteiger partial charge in [0, 0.05) is 19.3 Å². The van der Waals surface area contributed by atoms with Crippen molar-refractivity contribution in [1.29, 1.82) is 0 Å². The molecule has 0 saturated heterocycles. The number of phosphoric acid groups is 1. The van der Waals surface area contributed by atoms with E-state index in [2.05, 4.69) is 106 Å². The van der Waals surface area contributed by atoms with E-state index in [1.54, 1.807) is 0 Å². The summed E-state index contributed by atoms with van der Waals surface area (Å²) in [6.07, 6.45) is 68.1. The number of hydrogen-bond donors (Lipinski definition) is 2. The third-order valence-electron chi connectivity index (χ3n) is 12.5. The summed E-state index contributed by atoms with van der Waals surface area (Å²) in [5, 5.41) is 9.80. The van der Waals surface area contributed by atoms with E-state index in [-0.39, 0.29) is 25.9 Å². The number of rotatable bonds is 55. The number of unbranched alkanes of at least 4 members (excludes halogenated alkanes) is 22. The van der Waals surface area contributed by atoms with Gasteiger partial charge in [0.15, 0.2) is 6.10 Å². The molecule has 0 aromatic carbocycles. The summed E-state index contributed by atoms with van der Waals surface area (Å²) in [5.41, 5.74) is 0. The average Bonchev–Trinajstić information content (AvgIpc) is 3.41. The number of allylic oxidation sites excluding steroid dienone is 16. The number of hydrogen-bond acceptors (Lipinski definition) is 10. The molecule has 0 aliphatic rings. The third kappa shape index (κ3) is 55.2. The van der Waals surface area contributed by atoms with Crippen LogP contribution in [0.3, 0.4) is 0 Å². The molecule has 0 saturated carbocycles. The van der Waals surface area contributed by atoms with E-state index in [9.17, 15) is 28.9 Å². The number of carbonyl (C=O) groups excluding carboxylic acids is 3. The second kappa shape index (κ2) is 57.6. The molecule has 76 heavy (non-hydrogen) atoms. The van der Waals surface area contributed by atoms with Gasteiger partial charge in [-0.15, -0.1) is 0 Å². The Morgan fingerprint density at radius 3 is 1.14 bits per heavy atom. The molecule has 0 bridgehead atoms. The normalized spacial score (nSPS) is 14.0. The second-order valence-corrected chi connectivity index (χ2v) is 21.2. The molecule has 11 nitrogen and oxygen atoms in total. The molecule has 0 aliphatic carbocycles. The first kappa shape index (κ1) is 72.4. The first-order chi connectivity index (χ1) is 37.2. The second-order valence-electron chi connectivity index (χ2n) is 19.8. The van der Waals surface area contributed by atoms with E-state index in [1.165, 1.54) is 96.3 Å². The minimum atomic E-state index is -4.77. The monoisotopic (exact) mass is 1080 g/mol. The molecule has 0 aromatic rings. The number of esters is 3. The lowest BCUT2D eigenvalue weighted by atomic mass is 10.1. The number of ether oxygens (including phenoxy) is 3. The Bertz CT molecular complexity index is 1640. The largest absolute Gasteiger partial charge is 0.472 e. The van der Waals surface area contributed by atoms with Gasteiger partial charge in [-0.25, -0.2) is 4.57 Å². The Morgan fingerprint density at radius 1 is 0.382 bits per heavy atom. The van der Waals surface area contributed by atoms with Crippen LogP contribution in [0.4, 0.5) is 0 Å². The highest BCUT2D eigenvalue weighted by Gasteiger charge is 2.28. The van der Waals surface area contributed by atoms with Crippen LogP contribution >= 0.6 is 7.82 Å². The maximum atomic E-state index is 12.9. The first-order valence-electron chi connectivity index (χ1n) is 30.1. The average molecular weight is 1090 g/mol. The number of phosphoric ester groups is 1. The van der Waals surface area contributed by atoms with Gasteiger partial charge in [0.25, 0.3) is 0 Å². The van der Waals surface area contributed by atoms with E-state index in [1.807, 2.05) is 12.2 Å². The van der Waals surface area contributed by atoms with Crippen molar-refractivity contribution in [2.24, 2.45) is 0 Å². The van der Waals surface area contributed by atoms with Crippen LogP contribution in [0, 0.1) is 0 Å². The Hall–Kier alpha value is -3.60. The highest BCUT2D eigenvalue weighted by Crippen LogP contribution is 2.43. The molecule has 2 N–H and O–H groups in total. The van der Waals surface area contributed by atoms with E-state index in [0.717, 1.165) is 96.3 Å². The Morgan fingerprint density at radius 2 is 0.724 bits per heavy atom. The predicted molar refractivity (Wildman–Crippen MR) is 316 cm³/mol. The molecule has 0 rings (SSSR count). The van der Waals surface area contributed by atoms with Gasteiger partial charge in [-0.05, 0) is 103 Å². The highest BCUT2D eigenvalue weighted by atomic mass is 31.2. The zero-order valence-electron chi connectivity index (χ0n) is 48.2. The fraction of sp³-hybridized carbons (Fsp3) is 0.703. The quantitative estimate of drug-likeness (QED) is 0.0197. The maximum absolute atomic E-state index is 12.9. The van der Waals surface area contributed by atoms with Gasteiger partial charge in [0.2, 0.25) is 0 Å². The Balaban J connectivity index is 4.82. The van der Waals surface area contributed by atoms with Crippen molar-refractivity contribution in [3.63, 3.8) is 0 Å². The maximum Gasteiger partial charge on any atom is 0.472 e. The van der Waals surface area contributed by atoms with Crippen molar-refractivity contribution >= 4 is 25.7 Å². The van der Waals surface area contributed by atoms with Crippen LogP contribution in [0.1, 0.15) is 252 Å². The molecular formula is C64H109O11P. The topological polar surface area (TPSA) is 155 Å². The van der Waals surface area contributed by atoms with E-state index < -0.39 is 57.8 Å². The smallest absolute Gasteiger partial charge is 0.462 e. The van der Waals surface area contributed by atoms with Gasteiger partial charge in [-0.2, -0.15) is 0 Å². The minimum Gasteiger partial charge on any atom is -0.462 e. The summed E-state index contributed by atoms with van der Waals surface area (Å²) in [5.74, 6) is -1.58. The Kier molecular flexibility index (Phi) is 54.8. The van der Waals surface area contributed by atoms with Gasteiger partial charge in [0.1, 0.15) is 12.7 Å². The molecular weight excluding hydrogens is 976 g/mol. The summed E-state index contributed by atoms with van der Waals surface area (Å²) in [6.45, 7) is 4.40. The van der Waals surface area contributed by atoms with Crippen molar-refractivity contribution in [3.8, 4) is 0 Å². The molecule has 0 aliphatic heterocycles. The van der Waals surface area contributed by atoms with Crippen molar-refractivity contribution in [2.75, 3.05) is 26.4 Å². The summed E-state index contributed by atoms with van der Waals surface area (Å²) in [4.78, 5) is 48.5. The minimum absolute atomic E-state index is 0.0976. The highest BCUT2D eigenvalue weighted by molar-refractivity contribution is 7.47. The number of aliphatic hydroxyl groups is 1. The number of carbonyl (C=O) groups is 3. The summed E-state index contributed by atoms with van der Waals surface area (Å²) < 4.78 is 39.5. The lowest BCUT2D eigenvalue weighted by molar-refractivity contribution is -0.161. The molecule has 3 unspecified atom stereocenters. The fourth-order valence-electron chi connectivity index (χ4n) is 7.89. The zero-order valence-corrected chi connectivity index (χ0v) is 49.1. The molecule has 0 fully saturated rings. The van der Waals surface area contributed by atoms with Crippen molar-refractivity contribution in [3.05, 3.63) is 97.2 Å². The van der Waals surface area contributed by atoms with E-state index >= 15 is 0 Å². The summed E-state index contributed by atoms with van der Waals surface area (Å²) in [6, 6.07) is 0. The van der Waals surface area contributed by atoms with Crippen molar-refractivity contribution < 1.29 is 52.2 Å². The van der Waals surface area contributed by atoms with E-state index in [4.69, 9.17) is 23.3 Å². The van der Waals surface area contributed by atoms with Gasteiger partial charge < -0.3 is 24.2 Å². The molecule has 0 amide bonds. The molecule has 3 atom stereocenters. The van der Waals surface area contributed by atoms with Gasteiger partial charge in [-0.3, -0.25) is 23.4 Å². The van der Waals surface area contributed by atoms with Crippen LogP contribution < -0.4 is 0 Å². The van der Waals surface area contributed by atoms with Gasteiger partial charge in [0.05, 0.1) is 19.8 Å². The zero-order chi connectivity index (χ0) is 55.5. The lowest BCUT2D eigenvalue weighted by Gasteiger charge is -2.21. The molecule has 436 valence electrons. The lowest BCUT2D eigenvalue weighted by Crippen LogP contribution is -2.30. The van der Waals surface area contributed by atoms with Crippen LogP contribution in [0.2, 0.25) is 0 Å².